The van der Waals surface area contributed by atoms with Crippen LogP contribution in [0.15, 0.2) is 52.5 Å². The van der Waals surface area contributed by atoms with Gasteiger partial charge in [-0.25, -0.2) is 13.4 Å². The molecule has 2 aromatic rings. The van der Waals surface area contributed by atoms with Gasteiger partial charge in [-0.2, -0.15) is 0 Å². The van der Waals surface area contributed by atoms with Crippen LogP contribution in [0.4, 0.5) is 5.69 Å². The third-order valence-electron chi connectivity index (χ3n) is 3.20. The number of sulfonamides is 1. The van der Waals surface area contributed by atoms with Crippen LogP contribution >= 0.6 is 11.8 Å². The number of anilines is 1. The number of thioether (sulfide) groups is 1. The lowest BCUT2D eigenvalue weighted by molar-refractivity contribution is 0.414. The molecule has 0 fully saturated rings. The number of hydrogen-bond acceptors (Lipinski definition) is 5. The zero-order valence-electron chi connectivity index (χ0n) is 11.4. The van der Waals surface area contributed by atoms with Crippen molar-refractivity contribution in [3.63, 3.8) is 0 Å². The van der Waals surface area contributed by atoms with Gasteiger partial charge in [0.05, 0.1) is 17.7 Å². The van der Waals surface area contributed by atoms with E-state index in [9.17, 15) is 8.42 Å². The molecule has 0 atom stereocenters. The fourth-order valence-electron chi connectivity index (χ4n) is 2.15. The molecular formula is C14H14N2O3S2. The van der Waals surface area contributed by atoms with E-state index in [1.807, 2.05) is 0 Å². The highest BCUT2D eigenvalue weighted by molar-refractivity contribution is 7.99. The van der Waals surface area contributed by atoms with E-state index in [2.05, 4.69) is 4.98 Å². The maximum Gasteiger partial charge on any atom is 0.264 e. The van der Waals surface area contributed by atoms with Crippen molar-refractivity contribution in [1.82, 2.24) is 4.98 Å². The second-order valence-corrected chi connectivity index (χ2v) is 7.37. The molecule has 0 spiro atoms. The van der Waals surface area contributed by atoms with Gasteiger partial charge >= 0.3 is 0 Å². The lowest BCUT2D eigenvalue weighted by Gasteiger charge is -2.29. The Labute approximate surface area is 128 Å². The number of pyridine rings is 1. The summed E-state index contributed by atoms with van der Waals surface area (Å²) in [7, 11) is -2.03. The molecule has 7 heteroatoms. The highest BCUT2D eigenvalue weighted by Gasteiger charge is 2.29. The average molecular weight is 322 g/mol. The molecule has 110 valence electrons. The summed E-state index contributed by atoms with van der Waals surface area (Å²) in [6.45, 7) is 0.442. The summed E-state index contributed by atoms with van der Waals surface area (Å²) < 4.78 is 32.1. The first-order valence-electron chi connectivity index (χ1n) is 6.37. The minimum absolute atomic E-state index is 0.255. The van der Waals surface area contributed by atoms with Gasteiger partial charge in [0.2, 0.25) is 0 Å². The summed E-state index contributed by atoms with van der Waals surface area (Å²) in [6, 6.07) is 9.96. The molecule has 0 radical (unpaired) electrons. The summed E-state index contributed by atoms with van der Waals surface area (Å²) in [5.74, 6) is 1.32. The number of fused-ring (bicyclic) bond motifs is 1. The van der Waals surface area contributed by atoms with Crippen LogP contribution in [0.5, 0.6) is 5.75 Å². The molecule has 3 rings (SSSR count). The summed E-state index contributed by atoms with van der Waals surface area (Å²) in [5, 5.41) is 0.751. The molecule has 0 saturated carbocycles. The number of methoxy groups -OCH3 is 1. The van der Waals surface area contributed by atoms with Crippen molar-refractivity contribution in [3.05, 3.63) is 42.6 Å². The molecule has 1 aromatic carbocycles. The van der Waals surface area contributed by atoms with Crippen molar-refractivity contribution in [2.45, 2.75) is 9.92 Å². The van der Waals surface area contributed by atoms with Gasteiger partial charge in [0.1, 0.15) is 10.8 Å². The fourth-order valence-corrected chi connectivity index (χ4v) is 4.73. The average Bonchev–Trinajstić information content (AvgIpc) is 2.54. The molecule has 0 saturated heterocycles. The van der Waals surface area contributed by atoms with Crippen LogP contribution in [0.1, 0.15) is 0 Å². The Hall–Kier alpha value is -1.73. The normalized spacial score (nSPS) is 14.6. The van der Waals surface area contributed by atoms with E-state index < -0.39 is 10.0 Å². The van der Waals surface area contributed by atoms with Crippen LogP contribution in [0, 0.1) is 0 Å². The molecule has 0 amide bonds. The molecule has 5 nitrogen and oxygen atoms in total. The molecular weight excluding hydrogens is 308 g/mol. The molecule has 0 bridgehead atoms. The van der Waals surface area contributed by atoms with E-state index in [4.69, 9.17) is 4.74 Å². The number of ether oxygens (including phenoxy) is 1. The van der Waals surface area contributed by atoms with E-state index in [0.717, 1.165) is 5.03 Å². The number of hydrogen-bond donors (Lipinski definition) is 0. The number of benzene rings is 1. The van der Waals surface area contributed by atoms with Crippen molar-refractivity contribution in [2.24, 2.45) is 0 Å². The van der Waals surface area contributed by atoms with Gasteiger partial charge in [0, 0.05) is 18.5 Å². The summed E-state index contributed by atoms with van der Waals surface area (Å²) in [5.41, 5.74) is 0.643. The lowest BCUT2D eigenvalue weighted by atomic mass is 10.3. The first-order chi connectivity index (χ1) is 10.1. The molecule has 21 heavy (non-hydrogen) atoms. The quantitative estimate of drug-likeness (QED) is 0.868. The van der Waals surface area contributed by atoms with Crippen LogP contribution < -0.4 is 9.04 Å². The first-order valence-corrected chi connectivity index (χ1v) is 8.80. The topological polar surface area (TPSA) is 59.5 Å². The summed E-state index contributed by atoms with van der Waals surface area (Å²) in [6.07, 6.45) is 1.68. The number of rotatable bonds is 3. The van der Waals surface area contributed by atoms with Gasteiger partial charge in [0.25, 0.3) is 10.0 Å². The van der Waals surface area contributed by atoms with Gasteiger partial charge in [-0.3, -0.25) is 4.31 Å². The highest BCUT2D eigenvalue weighted by atomic mass is 32.2. The van der Waals surface area contributed by atoms with E-state index >= 15 is 0 Å². The Bertz CT molecular complexity index is 745. The second kappa shape index (κ2) is 5.57. The molecule has 0 aliphatic carbocycles. The summed E-state index contributed by atoms with van der Waals surface area (Å²) >= 11 is 1.57. The monoisotopic (exact) mass is 322 g/mol. The van der Waals surface area contributed by atoms with Crippen molar-refractivity contribution >= 4 is 27.5 Å². The first kappa shape index (κ1) is 14.2. The maximum absolute atomic E-state index is 12.8. The van der Waals surface area contributed by atoms with Crippen molar-refractivity contribution in [1.29, 1.82) is 0 Å². The standard InChI is InChI=1S/C14H14N2O3S2/c1-19-11-4-6-12(7-5-11)21(17,18)16-9-10-20-14-13(16)3-2-8-15-14/h2-8H,9-10H2,1H3. The van der Waals surface area contributed by atoms with Crippen LogP contribution in [-0.2, 0) is 10.0 Å². The second-order valence-electron chi connectivity index (χ2n) is 4.43. The largest absolute Gasteiger partial charge is 0.497 e. The zero-order valence-corrected chi connectivity index (χ0v) is 13.0. The van der Waals surface area contributed by atoms with Crippen LogP contribution in [-0.4, -0.2) is 32.8 Å². The number of aromatic nitrogens is 1. The molecule has 2 heterocycles. The smallest absolute Gasteiger partial charge is 0.264 e. The Kier molecular flexibility index (Phi) is 3.77. The van der Waals surface area contributed by atoms with Gasteiger partial charge in [0.15, 0.2) is 0 Å². The molecule has 1 aliphatic heterocycles. The Morgan fingerprint density at radius 2 is 2.00 bits per heavy atom. The fraction of sp³-hybridized carbons (Fsp3) is 0.214. The summed E-state index contributed by atoms with van der Waals surface area (Å²) in [4.78, 5) is 4.50. The van der Waals surface area contributed by atoms with Gasteiger partial charge in [-0.1, -0.05) is 0 Å². The van der Waals surface area contributed by atoms with Crippen molar-refractivity contribution < 1.29 is 13.2 Å². The SMILES string of the molecule is COc1ccc(S(=O)(=O)N2CCSc3ncccc32)cc1. The third kappa shape index (κ3) is 2.58. The number of nitrogens with zero attached hydrogens (tertiary/aromatic N) is 2. The predicted octanol–water partition coefficient (Wildman–Crippen LogP) is 2.39. The molecule has 1 aromatic heterocycles. The van der Waals surface area contributed by atoms with Crippen LogP contribution in [0.2, 0.25) is 0 Å². The molecule has 0 N–H and O–H groups in total. The van der Waals surface area contributed by atoms with E-state index in [-0.39, 0.29) is 4.90 Å². The van der Waals surface area contributed by atoms with Crippen molar-refractivity contribution in [3.8, 4) is 5.75 Å². The predicted molar refractivity (Wildman–Crippen MR) is 82.5 cm³/mol. The minimum Gasteiger partial charge on any atom is -0.497 e. The van der Waals surface area contributed by atoms with E-state index in [1.54, 1.807) is 61.5 Å². The van der Waals surface area contributed by atoms with Gasteiger partial charge in [-0.15, -0.1) is 11.8 Å². The van der Waals surface area contributed by atoms with E-state index in [0.29, 0.717) is 23.7 Å². The zero-order chi connectivity index (χ0) is 14.9. The van der Waals surface area contributed by atoms with Crippen molar-refractivity contribution in [2.75, 3.05) is 23.7 Å². The minimum atomic E-state index is -3.58. The lowest BCUT2D eigenvalue weighted by Crippen LogP contribution is -2.35. The van der Waals surface area contributed by atoms with Gasteiger partial charge < -0.3 is 4.74 Å². The Balaban J connectivity index is 2.02. The van der Waals surface area contributed by atoms with Gasteiger partial charge in [-0.05, 0) is 36.4 Å². The molecule has 1 aliphatic rings. The maximum atomic E-state index is 12.8. The molecule has 0 unspecified atom stereocenters. The third-order valence-corrected chi connectivity index (χ3v) is 6.00. The Morgan fingerprint density at radius 3 is 2.71 bits per heavy atom. The highest BCUT2D eigenvalue weighted by Crippen LogP contribution is 2.36. The van der Waals surface area contributed by atoms with Crippen LogP contribution in [0.3, 0.4) is 0 Å². The van der Waals surface area contributed by atoms with Crippen LogP contribution in [0.25, 0.3) is 0 Å². The Morgan fingerprint density at radius 1 is 1.24 bits per heavy atom. The van der Waals surface area contributed by atoms with E-state index in [1.165, 1.54) is 4.31 Å².